The molecule has 1 amide bonds. The van der Waals surface area contributed by atoms with Crippen LogP contribution in [-0.4, -0.2) is 30.1 Å². The molecule has 0 aliphatic rings. The second-order valence-corrected chi connectivity index (χ2v) is 13.3. The van der Waals surface area contributed by atoms with Gasteiger partial charge in [-0.05, 0) is 83.7 Å². The number of unbranched alkanes of at least 4 members (excludes halogenated alkanes) is 2. The average molecular weight is 654 g/mol. The molecule has 0 saturated heterocycles. The highest BCUT2D eigenvalue weighted by Gasteiger charge is 2.29. The van der Waals surface area contributed by atoms with E-state index < -0.39 is 12.6 Å². The molecule has 0 bridgehead atoms. The smallest absolute Gasteiger partial charge is 0.393 e. The zero-order chi connectivity index (χ0) is 35.2. The van der Waals surface area contributed by atoms with E-state index in [2.05, 4.69) is 26.0 Å². The molecule has 0 aliphatic heterocycles. The standard InChI is InChI=1S/C40H42F3N3O2/c1-7-9-15-46(16-10-8-2)38(47)28-11-13-33(14-12-28)48-35-22-32(39(4,5)6)21-30-20-31(24-44)34(25-45)36(37(30)35)29-18-26(3)17-27(19-29)23-40(41,42)43/h11-14,17-22H,7-10,15-16,23H2,1-6H3. The maximum Gasteiger partial charge on any atom is 0.393 e. The van der Waals surface area contributed by atoms with Crippen molar-refractivity contribution in [2.75, 3.05) is 13.1 Å². The summed E-state index contributed by atoms with van der Waals surface area (Å²) >= 11 is 0. The molecular weight excluding hydrogens is 611 g/mol. The minimum atomic E-state index is -4.42. The van der Waals surface area contributed by atoms with Crippen LogP contribution in [0.1, 0.15) is 98.5 Å². The summed E-state index contributed by atoms with van der Waals surface area (Å²) in [6, 6.07) is 21.3. The van der Waals surface area contributed by atoms with Crippen molar-refractivity contribution in [2.45, 2.75) is 85.2 Å². The number of nitriles is 2. The Labute approximate surface area is 281 Å². The number of aryl methyl sites for hydroxylation is 1. The number of carbonyl (C=O) groups excluding carboxylic acids is 1. The van der Waals surface area contributed by atoms with Gasteiger partial charge in [-0.25, -0.2) is 0 Å². The van der Waals surface area contributed by atoms with E-state index in [1.807, 2.05) is 37.8 Å². The van der Waals surface area contributed by atoms with Gasteiger partial charge in [-0.1, -0.05) is 77.3 Å². The first-order valence-corrected chi connectivity index (χ1v) is 16.4. The van der Waals surface area contributed by atoms with Crippen LogP contribution < -0.4 is 4.74 Å². The van der Waals surface area contributed by atoms with Crippen molar-refractivity contribution in [1.82, 2.24) is 4.90 Å². The number of hydrogen-bond donors (Lipinski definition) is 0. The Morgan fingerprint density at radius 2 is 1.52 bits per heavy atom. The fraction of sp³-hybridized carbons (Fsp3) is 0.375. The van der Waals surface area contributed by atoms with Gasteiger partial charge in [0.05, 0.1) is 17.5 Å². The highest BCUT2D eigenvalue weighted by atomic mass is 19.4. The monoisotopic (exact) mass is 653 g/mol. The Morgan fingerprint density at radius 3 is 2.06 bits per heavy atom. The molecule has 0 fully saturated rings. The van der Waals surface area contributed by atoms with Crippen LogP contribution in [0.25, 0.3) is 21.9 Å². The second-order valence-electron chi connectivity index (χ2n) is 13.3. The van der Waals surface area contributed by atoms with Crippen molar-refractivity contribution in [3.05, 3.63) is 94.0 Å². The summed E-state index contributed by atoms with van der Waals surface area (Å²) in [6.45, 7) is 13.4. The summed E-state index contributed by atoms with van der Waals surface area (Å²) < 4.78 is 47.0. The van der Waals surface area contributed by atoms with Crippen LogP contribution in [0, 0.1) is 29.6 Å². The fourth-order valence-corrected chi connectivity index (χ4v) is 5.84. The average Bonchev–Trinajstić information content (AvgIpc) is 3.02. The van der Waals surface area contributed by atoms with E-state index in [-0.39, 0.29) is 28.0 Å². The summed E-state index contributed by atoms with van der Waals surface area (Å²) in [4.78, 5) is 15.3. The molecule has 4 rings (SSSR count). The second kappa shape index (κ2) is 14.9. The first-order chi connectivity index (χ1) is 22.7. The number of ether oxygens (including phenoxy) is 1. The van der Waals surface area contributed by atoms with Crippen molar-refractivity contribution < 1.29 is 22.7 Å². The van der Waals surface area contributed by atoms with Crippen molar-refractivity contribution in [3.8, 4) is 34.8 Å². The van der Waals surface area contributed by atoms with Gasteiger partial charge in [-0.15, -0.1) is 0 Å². The SMILES string of the molecule is CCCCN(CCCC)C(=O)c1ccc(Oc2cc(C(C)(C)C)cc3cc(C#N)c(C#N)c(-c4cc(C)cc(CC(F)(F)F)c4)c23)cc1. The topological polar surface area (TPSA) is 77.1 Å². The van der Waals surface area contributed by atoms with Crippen LogP contribution >= 0.6 is 0 Å². The highest BCUT2D eigenvalue weighted by molar-refractivity contribution is 6.05. The van der Waals surface area contributed by atoms with Crippen molar-refractivity contribution in [3.63, 3.8) is 0 Å². The minimum Gasteiger partial charge on any atom is -0.457 e. The Bertz CT molecular complexity index is 1870. The molecule has 0 aliphatic carbocycles. The van der Waals surface area contributed by atoms with E-state index in [9.17, 15) is 28.5 Å². The molecule has 0 unspecified atom stereocenters. The number of amides is 1. The van der Waals surface area contributed by atoms with Crippen LogP contribution in [0.4, 0.5) is 13.2 Å². The maximum atomic E-state index is 13.5. The number of rotatable bonds is 11. The number of nitrogens with zero attached hydrogens (tertiary/aromatic N) is 3. The predicted octanol–water partition coefficient (Wildman–Crippen LogP) is 10.8. The molecule has 0 spiro atoms. The van der Waals surface area contributed by atoms with Crippen molar-refractivity contribution >= 4 is 16.7 Å². The first kappa shape index (κ1) is 36.0. The molecule has 4 aromatic rings. The number of halogens is 3. The lowest BCUT2D eigenvalue weighted by atomic mass is 9.82. The molecule has 48 heavy (non-hydrogen) atoms. The Balaban J connectivity index is 1.91. The zero-order valence-corrected chi connectivity index (χ0v) is 28.5. The van der Waals surface area contributed by atoms with Gasteiger partial charge in [0.15, 0.2) is 0 Å². The van der Waals surface area contributed by atoms with E-state index in [0.29, 0.717) is 57.6 Å². The molecule has 5 nitrogen and oxygen atoms in total. The minimum absolute atomic E-state index is 0.0391. The van der Waals surface area contributed by atoms with E-state index >= 15 is 0 Å². The lowest BCUT2D eigenvalue weighted by Crippen LogP contribution is -2.32. The van der Waals surface area contributed by atoms with Gasteiger partial charge in [-0.3, -0.25) is 4.79 Å². The maximum absolute atomic E-state index is 13.5. The van der Waals surface area contributed by atoms with Gasteiger partial charge in [0, 0.05) is 29.6 Å². The Hall–Kier alpha value is -4.82. The van der Waals surface area contributed by atoms with Crippen LogP contribution in [0.3, 0.4) is 0 Å². The van der Waals surface area contributed by atoms with E-state index in [4.69, 9.17) is 4.74 Å². The summed E-state index contributed by atoms with van der Waals surface area (Å²) in [5.41, 5.74) is 2.67. The number of alkyl halides is 3. The number of benzene rings is 4. The number of fused-ring (bicyclic) bond motifs is 1. The van der Waals surface area contributed by atoms with Crippen LogP contribution in [0.15, 0.2) is 60.7 Å². The van der Waals surface area contributed by atoms with E-state index in [1.165, 1.54) is 12.1 Å². The van der Waals surface area contributed by atoms with Gasteiger partial charge >= 0.3 is 6.18 Å². The summed E-state index contributed by atoms with van der Waals surface area (Å²) in [7, 11) is 0. The van der Waals surface area contributed by atoms with Gasteiger partial charge in [0.1, 0.15) is 23.6 Å². The third kappa shape index (κ3) is 8.55. The predicted molar refractivity (Wildman–Crippen MR) is 184 cm³/mol. The Kier molecular flexibility index (Phi) is 11.2. The third-order valence-corrected chi connectivity index (χ3v) is 8.31. The fourth-order valence-electron chi connectivity index (χ4n) is 5.84. The lowest BCUT2D eigenvalue weighted by Gasteiger charge is -2.24. The normalized spacial score (nSPS) is 11.6. The van der Waals surface area contributed by atoms with Gasteiger partial charge in [0.2, 0.25) is 0 Å². The molecular formula is C40H42F3N3O2. The largest absolute Gasteiger partial charge is 0.457 e. The Morgan fingerprint density at radius 1 is 0.875 bits per heavy atom. The molecule has 250 valence electrons. The quantitative estimate of drug-likeness (QED) is 0.161. The van der Waals surface area contributed by atoms with Crippen LogP contribution in [0.5, 0.6) is 11.5 Å². The lowest BCUT2D eigenvalue weighted by molar-refractivity contribution is -0.127. The molecule has 0 radical (unpaired) electrons. The van der Waals surface area contributed by atoms with E-state index in [1.54, 1.807) is 43.3 Å². The van der Waals surface area contributed by atoms with Crippen molar-refractivity contribution in [2.24, 2.45) is 0 Å². The van der Waals surface area contributed by atoms with Crippen LogP contribution in [0.2, 0.25) is 0 Å². The summed E-state index contributed by atoms with van der Waals surface area (Å²) in [5.74, 6) is 0.796. The molecule has 0 N–H and O–H groups in total. The van der Waals surface area contributed by atoms with E-state index in [0.717, 1.165) is 31.2 Å². The van der Waals surface area contributed by atoms with Gasteiger partial charge < -0.3 is 9.64 Å². The molecule has 0 aromatic heterocycles. The summed E-state index contributed by atoms with van der Waals surface area (Å²) in [6.07, 6.45) is -1.73. The molecule has 0 atom stereocenters. The highest BCUT2D eigenvalue weighted by Crippen LogP contribution is 2.44. The molecule has 0 heterocycles. The molecule has 8 heteroatoms. The van der Waals surface area contributed by atoms with Crippen molar-refractivity contribution in [1.29, 1.82) is 10.5 Å². The third-order valence-electron chi connectivity index (χ3n) is 8.31. The summed E-state index contributed by atoms with van der Waals surface area (Å²) in [5, 5.41) is 21.5. The first-order valence-electron chi connectivity index (χ1n) is 16.4. The number of hydrogen-bond acceptors (Lipinski definition) is 4. The number of carbonyl (C=O) groups is 1. The van der Waals surface area contributed by atoms with Crippen LogP contribution in [-0.2, 0) is 11.8 Å². The zero-order valence-electron chi connectivity index (χ0n) is 28.5. The van der Waals surface area contributed by atoms with Gasteiger partial charge in [-0.2, -0.15) is 23.7 Å². The molecule has 4 aromatic carbocycles. The van der Waals surface area contributed by atoms with Gasteiger partial charge in [0.25, 0.3) is 5.91 Å². The molecule has 0 saturated carbocycles.